The van der Waals surface area contributed by atoms with Crippen molar-refractivity contribution in [1.82, 2.24) is 0 Å². The minimum Gasteiger partial charge on any atom is -0.480 e. The fourth-order valence-electron chi connectivity index (χ4n) is 3.74. The minimum atomic E-state index is -1.58. The lowest BCUT2D eigenvalue weighted by atomic mass is 9.78. The van der Waals surface area contributed by atoms with Crippen molar-refractivity contribution in [2.45, 2.75) is 129 Å². The van der Waals surface area contributed by atoms with E-state index in [-0.39, 0.29) is 12.8 Å². The molecular weight excluding hydrogens is 340 g/mol. The molecule has 0 aliphatic carbocycles. The van der Waals surface area contributed by atoms with Crippen LogP contribution in [0.2, 0.25) is 0 Å². The maximum Gasteiger partial charge on any atom is 0.321 e. The molecule has 0 aromatic rings. The van der Waals surface area contributed by atoms with Gasteiger partial charge in [-0.1, -0.05) is 117 Å². The highest BCUT2D eigenvalue weighted by Crippen LogP contribution is 2.32. The van der Waals surface area contributed by atoms with Gasteiger partial charge in [-0.2, -0.15) is 0 Å². The Hall–Kier alpha value is -1.06. The number of rotatable bonds is 20. The average Bonchev–Trinajstić information content (AvgIpc) is 2.64. The first kappa shape index (κ1) is 25.9. The van der Waals surface area contributed by atoms with Gasteiger partial charge in [0.15, 0.2) is 5.41 Å². The van der Waals surface area contributed by atoms with Gasteiger partial charge in [0.1, 0.15) is 0 Å². The lowest BCUT2D eigenvalue weighted by Gasteiger charge is -2.24. The summed E-state index contributed by atoms with van der Waals surface area (Å²) in [6, 6.07) is 0. The van der Waals surface area contributed by atoms with Crippen LogP contribution in [0.4, 0.5) is 0 Å². The molecule has 0 rings (SSSR count). The van der Waals surface area contributed by atoms with Crippen LogP contribution in [-0.4, -0.2) is 22.2 Å². The molecule has 0 aromatic carbocycles. The Morgan fingerprint density at radius 1 is 0.519 bits per heavy atom. The van der Waals surface area contributed by atoms with Gasteiger partial charge in [0.2, 0.25) is 0 Å². The molecule has 0 unspecified atom stereocenters. The second-order valence-electron chi connectivity index (χ2n) is 8.14. The molecule has 0 amide bonds. The molecule has 0 radical (unpaired) electrons. The lowest BCUT2D eigenvalue weighted by molar-refractivity contribution is -0.166. The van der Waals surface area contributed by atoms with E-state index in [9.17, 15) is 19.8 Å². The molecule has 0 saturated heterocycles. The summed E-state index contributed by atoms with van der Waals surface area (Å²) in [6.45, 7) is 4.21. The Morgan fingerprint density at radius 3 is 1.15 bits per heavy atom. The number of carbonyl (C=O) groups is 2. The van der Waals surface area contributed by atoms with Crippen LogP contribution in [0.25, 0.3) is 0 Å². The molecule has 160 valence electrons. The van der Waals surface area contributed by atoms with Gasteiger partial charge < -0.3 is 10.2 Å². The van der Waals surface area contributed by atoms with Crippen LogP contribution in [0.15, 0.2) is 0 Å². The van der Waals surface area contributed by atoms with E-state index in [0.29, 0.717) is 12.8 Å². The normalized spacial score (nSPS) is 11.6. The first-order chi connectivity index (χ1) is 13.0. The first-order valence-corrected chi connectivity index (χ1v) is 11.5. The van der Waals surface area contributed by atoms with E-state index in [0.717, 1.165) is 19.3 Å². The molecule has 2 N–H and O–H groups in total. The summed E-state index contributed by atoms with van der Waals surface area (Å²) in [5, 5.41) is 18.9. The number of carboxylic acids is 2. The van der Waals surface area contributed by atoms with E-state index in [1.54, 1.807) is 0 Å². The Balaban J connectivity index is 3.71. The molecule has 4 nitrogen and oxygen atoms in total. The number of carboxylic acid groups (broad SMARTS) is 2. The smallest absolute Gasteiger partial charge is 0.321 e. The summed E-state index contributed by atoms with van der Waals surface area (Å²) in [5.41, 5.74) is -1.58. The molecule has 27 heavy (non-hydrogen) atoms. The summed E-state index contributed by atoms with van der Waals surface area (Å²) < 4.78 is 0. The number of hydrogen-bond donors (Lipinski definition) is 2. The standard InChI is InChI=1S/C23H44O4/c1-3-5-7-8-9-10-11-12-13-14-15-16-17-18-20-23(21(24)25,22(26)27)19-6-4-2/h3-20H2,1-2H3,(H,24,25)(H,26,27). The molecule has 0 fully saturated rings. The van der Waals surface area contributed by atoms with Gasteiger partial charge in [-0.15, -0.1) is 0 Å². The predicted molar refractivity (Wildman–Crippen MR) is 112 cm³/mol. The van der Waals surface area contributed by atoms with Crippen LogP contribution in [0, 0.1) is 5.41 Å². The molecule has 0 saturated carbocycles. The van der Waals surface area contributed by atoms with Gasteiger partial charge >= 0.3 is 11.9 Å². The van der Waals surface area contributed by atoms with Crippen LogP contribution in [-0.2, 0) is 9.59 Å². The van der Waals surface area contributed by atoms with Crippen molar-refractivity contribution >= 4 is 11.9 Å². The summed E-state index contributed by atoms with van der Waals surface area (Å²) >= 11 is 0. The molecule has 0 aliphatic heterocycles. The number of unbranched alkanes of at least 4 members (excludes halogenated alkanes) is 14. The molecule has 0 aliphatic rings. The average molecular weight is 385 g/mol. The van der Waals surface area contributed by atoms with Crippen molar-refractivity contribution < 1.29 is 19.8 Å². The highest BCUT2D eigenvalue weighted by Gasteiger charge is 2.45. The molecule has 0 atom stereocenters. The van der Waals surface area contributed by atoms with Gasteiger partial charge in [0, 0.05) is 0 Å². The topological polar surface area (TPSA) is 74.6 Å². The van der Waals surface area contributed by atoms with Gasteiger partial charge in [-0.3, -0.25) is 9.59 Å². The lowest BCUT2D eigenvalue weighted by Crippen LogP contribution is -2.39. The van der Waals surface area contributed by atoms with Crippen molar-refractivity contribution in [2.75, 3.05) is 0 Å². The summed E-state index contributed by atoms with van der Waals surface area (Å²) in [5.74, 6) is -2.34. The fourth-order valence-corrected chi connectivity index (χ4v) is 3.74. The molecular formula is C23H44O4. The summed E-state index contributed by atoms with van der Waals surface area (Å²) in [6.07, 6.45) is 19.3. The second-order valence-corrected chi connectivity index (χ2v) is 8.14. The first-order valence-electron chi connectivity index (χ1n) is 11.5. The summed E-state index contributed by atoms with van der Waals surface area (Å²) in [4.78, 5) is 23.1. The van der Waals surface area contributed by atoms with Crippen LogP contribution in [0.5, 0.6) is 0 Å². The van der Waals surface area contributed by atoms with Gasteiger partial charge in [-0.05, 0) is 12.8 Å². The highest BCUT2D eigenvalue weighted by molar-refractivity contribution is 5.98. The van der Waals surface area contributed by atoms with E-state index in [1.807, 2.05) is 6.92 Å². The van der Waals surface area contributed by atoms with Crippen molar-refractivity contribution in [3.63, 3.8) is 0 Å². The van der Waals surface area contributed by atoms with Crippen LogP contribution in [0.1, 0.15) is 129 Å². The minimum absolute atomic E-state index is 0.243. The Kier molecular flexibility index (Phi) is 16.4. The zero-order valence-electron chi connectivity index (χ0n) is 17.9. The summed E-state index contributed by atoms with van der Waals surface area (Å²) in [7, 11) is 0. The maximum atomic E-state index is 11.6. The second kappa shape index (κ2) is 17.1. The molecule has 0 heterocycles. The maximum absolute atomic E-state index is 11.6. The monoisotopic (exact) mass is 384 g/mol. The van der Waals surface area contributed by atoms with E-state index < -0.39 is 17.4 Å². The fraction of sp³-hybridized carbons (Fsp3) is 0.913. The third-order valence-corrected chi connectivity index (χ3v) is 5.73. The zero-order valence-corrected chi connectivity index (χ0v) is 17.9. The quantitative estimate of drug-likeness (QED) is 0.172. The van der Waals surface area contributed by atoms with Crippen molar-refractivity contribution in [1.29, 1.82) is 0 Å². The van der Waals surface area contributed by atoms with Crippen LogP contribution < -0.4 is 0 Å². The highest BCUT2D eigenvalue weighted by atomic mass is 16.4. The van der Waals surface area contributed by atoms with Gasteiger partial charge in [0.25, 0.3) is 0 Å². The Morgan fingerprint density at radius 2 is 0.815 bits per heavy atom. The number of aliphatic carboxylic acids is 2. The van der Waals surface area contributed by atoms with Crippen molar-refractivity contribution in [3.8, 4) is 0 Å². The SMILES string of the molecule is CCCCCCCCCCCCCCCCC(CCCC)(C(=O)O)C(=O)O. The van der Waals surface area contributed by atoms with Crippen molar-refractivity contribution in [3.05, 3.63) is 0 Å². The largest absolute Gasteiger partial charge is 0.480 e. The van der Waals surface area contributed by atoms with E-state index >= 15 is 0 Å². The third kappa shape index (κ3) is 12.1. The number of hydrogen-bond acceptors (Lipinski definition) is 2. The van der Waals surface area contributed by atoms with E-state index in [1.165, 1.54) is 70.6 Å². The Bertz CT molecular complexity index is 365. The molecule has 4 heteroatoms. The third-order valence-electron chi connectivity index (χ3n) is 5.73. The van der Waals surface area contributed by atoms with Crippen LogP contribution >= 0.6 is 0 Å². The van der Waals surface area contributed by atoms with Gasteiger partial charge in [-0.25, -0.2) is 0 Å². The predicted octanol–water partition coefficient (Wildman–Crippen LogP) is 7.20. The van der Waals surface area contributed by atoms with Crippen LogP contribution in [0.3, 0.4) is 0 Å². The van der Waals surface area contributed by atoms with Crippen molar-refractivity contribution in [2.24, 2.45) is 5.41 Å². The van der Waals surface area contributed by atoms with E-state index in [2.05, 4.69) is 6.92 Å². The zero-order chi connectivity index (χ0) is 20.4. The molecule has 0 aromatic heterocycles. The van der Waals surface area contributed by atoms with E-state index in [4.69, 9.17) is 0 Å². The van der Waals surface area contributed by atoms with Gasteiger partial charge in [0.05, 0.1) is 0 Å². The molecule has 0 spiro atoms. The Labute approximate surface area is 167 Å². The molecule has 0 bridgehead atoms.